The maximum Gasteiger partial charge on any atom is 0.220 e. The number of carbonyl (C=O) groups excluding carboxylic acids is 3. The SMILES string of the molecule is CC(=O)CCC(=O)NCCOCCC(=O)C(C)C. The van der Waals surface area contributed by atoms with Crippen molar-refractivity contribution in [3.63, 3.8) is 0 Å². The van der Waals surface area contributed by atoms with Crippen molar-refractivity contribution < 1.29 is 19.1 Å². The fourth-order valence-corrected chi connectivity index (χ4v) is 1.20. The summed E-state index contributed by atoms with van der Waals surface area (Å²) in [5.41, 5.74) is 0. The van der Waals surface area contributed by atoms with Crippen molar-refractivity contribution in [1.82, 2.24) is 5.32 Å². The maximum absolute atomic E-state index is 11.3. The van der Waals surface area contributed by atoms with Crippen molar-refractivity contribution in [2.75, 3.05) is 19.8 Å². The summed E-state index contributed by atoms with van der Waals surface area (Å²) in [6.45, 7) is 6.36. The molecule has 1 N–H and O–H groups in total. The van der Waals surface area contributed by atoms with Crippen LogP contribution in [0.5, 0.6) is 0 Å². The number of hydrogen-bond acceptors (Lipinski definition) is 4. The van der Waals surface area contributed by atoms with Crippen LogP contribution in [0.2, 0.25) is 0 Å². The monoisotopic (exact) mass is 257 g/mol. The lowest BCUT2D eigenvalue weighted by Crippen LogP contribution is -2.27. The highest BCUT2D eigenvalue weighted by atomic mass is 16.5. The molecule has 0 unspecified atom stereocenters. The van der Waals surface area contributed by atoms with Gasteiger partial charge >= 0.3 is 0 Å². The number of amides is 1. The summed E-state index contributed by atoms with van der Waals surface area (Å²) in [6, 6.07) is 0. The molecular formula is C13H23NO4. The number of ketones is 2. The lowest BCUT2D eigenvalue weighted by atomic mass is 10.1. The van der Waals surface area contributed by atoms with Gasteiger partial charge in [-0.05, 0) is 6.92 Å². The minimum Gasteiger partial charge on any atom is -0.379 e. The Labute approximate surface area is 108 Å². The minimum absolute atomic E-state index is 0.00796. The van der Waals surface area contributed by atoms with Gasteiger partial charge in [0.1, 0.15) is 11.6 Å². The number of nitrogens with one attached hydrogen (secondary N) is 1. The molecule has 0 fully saturated rings. The van der Waals surface area contributed by atoms with Crippen molar-refractivity contribution in [2.45, 2.75) is 40.0 Å². The summed E-state index contributed by atoms with van der Waals surface area (Å²) in [6.07, 6.45) is 0.909. The van der Waals surface area contributed by atoms with E-state index < -0.39 is 0 Å². The fourth-order valence-electron chi connectivity index (χ4n) is 1.20. The van der Waals surface area contributed by atoms with Gasteiger partial charge in [-0.3, -0.25) is 9.59 Å². The Hall–Kier alpha value is -1.23. The first kappa shape index (κ1) is 16.8. The molecule has 0 aromatic rings. The van der Waals surface area contributed by atoms with Crippen LogP contribution in [0.3, 0.4) is 0 Å². The lowest BCUT2D eigenvalue weighted by Gasteiger charge is -2.07. The van der Waals surface area contributed by atoms with Crippen LogP contribution in [0.1, 0.15) is 40.0 Å². The highest BCUT2D eigenvalue weighted by Crippen LogP contribution is 1.98. The molecule has 5 nitrogen and oxygen atoms in total. The fraction of sp³-hybridized carbons (Fsp3) is 0.769. The maximum atomic E-state index is 11.3. The van der Waals surface area contributed by atoms with E-state index in [2.05, 4.69) is 5.32 Å². The normalized spacial score (nSPS) is 10.4. The summed E-state index contributed by atoms with van der Waals surface area (Å²) in [5, 5.41) is 2.65. The molecule has 104 valence electrons. The molecule has 0 aliphatic rings. The quantitative estimate of drug-likeness (QED) is 0.595. The van der Waals surface area contributed by atoms with Crippen molar-refractivity contribution in [2.24, 2.45) is 5.92 Å². The second-order valence-corrected chi connectivity index (χ2v) is 4.54. The van der Waals surface area contributed by atoms with Crippen LogP contribution in [0.25, 0.3) is 0 Å². The number of hydrogen-bond donors (Lipinski definition) is 1. The molecule has 0 bridgehead atoms. The Kier molecular flexibility index (Phi) is 9.10. The Balaban J connectivity index is 3.37. The first-order chi connectivity index (χ1) is 8.43. The molecule has 0 saturated carbocycles. The van der Waals surface area contributed by atoms with E-state index in [1.165, 1.54) is 6.92 Å². The predicted octanol–water partition coefficient (Wildman–Crippen LogP) is 1.10. The van der Waals surface area contributed by atoms with Gasteiger partial charge in [0.2, 0.25) is 5.91 Å². The predicted molar refractivity (Wildman–Crippen MR) is 68.2 cm³/mol. The summed E-state index contributed by atoms with van der Waals surface area (Å²) in [4.78, 5) is 33.1. The smallest absolute Gasteiger partial charge is 0.220 e. The van der Waals surface area contributed by atoms with E-state index in [-0.39, 0.29) is 36.2 Å². The van der Waals surface area contributed by atoms with E-state index in [9.17, 15) is 14.4 Å². The van der Waals surface area contributed by atoms with Crippen LogP contribution in [0.4, 0.5) is 0 Å². The zero-order chi connectivity index (χ0) is 14.0. The highest BCUT2D eigenvalue weighted by molar-refractivity contribution is 5.83. The molecule has 0 aliphatic heterocycles. The Morgan fingerprint density at radius 2 is 1.72 bits per heavy atom. The second kappa shape index (κ2) is 9.76. The van der Waals surface area contributed by atoms with E-state index in [1.54, 1.807) is 0 Å². The lowest BCUT2D eigenvalue weighted by molar-refractivity contribution is -0.125. The molecule has 0 atom stereocenters. The third-order valence-electron chi connectivity index (χ3n) is 2.41. The largest absolute Gasteiger partial charge is 0.379 e. The minimum atomic E-state index is -0.146. The van der Waals surface area contributed by atoms with E-state index in [0.717, 1.165) is 0 Å². The number of rotatable bonds is 10. The number of carbonyl (C=O) groups is 3. The van der Waals surface area contributed by atoms with Gasteiger partial charge in [-0.1, -0.05) is 13.8 Å². The van der Waals surface area contributed by atoms with E-state index in [1.807, 2.05) is 13.8 Å². The highest BCUT2D eigenvalue weighted by Gasteiger charge is 2.06. The van der Waals surface area contributed by atoms with Crippen LogP contribution in [0.15, 0.2) is 0 Å². The van der Waals surface area contributed by atoms with E-state index in [4.69, 9.17) is 4.74 Å². The van der Waals surface area contributed by atoms with E-state index in [0.29, 0.717) is 26.2 Å². The number of ether oxygens (including phenoxy) is 1. The standard InChI is InChI=1S/C13H23NO4/c1-10(2)12(16)6-8-18-9-7-14-13(17)5-4-11(3)15/h10H,4-9H2,1-3H3,(H,14,17). The van der Waals surface area contributed by atoms with Crippen molar-refractivity contribution >= 4 is 17.5 Å². The zero-order valence-corrected chi connectivity index (χ0v) is 11.5. The Morgan fingerprint density at radius 3 is 2.28 bits per heavy atom. The molecule has 0 aromatic heterocycles. The third-order valence-corrected chi connectivity index (χ3v) is 2.41. The van der Waals surface area contributed by atoms with Gasteiger partial charge in [0, 0.05) is 31.7 Å². The average Bonchev–Trinajstić information content (AvgIpc) is 2.30. The van der Waals surface area contributed by atoms with Crippen molar-refractivity contribution in [3.8, 4) is 0 Å². The third kappa shape index (κ3) is 9.96. The molecule has 0 heterocycles. The summed E-state index contributed by atoms with van der Waals surface area (Å²) in [7, 11) is 0. The Morgan fingerprint density at radius 1 is 1.06 bits per heavy atom. The first-order valence-electron chi connectivity index (χ1n) is 6.30. The molecule has 0 aromatic carbocycles. The van der Waals surface area contributed by atoms with Gasteiger partial charge in [0.25, 0.3) is 0 Å². The molecule has 5 heteroatoms. The van der Waals surface area contributed by atoms with Gasteiger partial charge in [-0.25, -0.2) is 0 Å². The van der Waals surface area contributed by atoms with Crippen LogP contribution in [-0.4, -0.2) is 37.2 Å². The topological polar surface area (TPSA) is 72.5 Å². The summed E-state index contributed by atoms with van der Waals surface area (Å²) in [5.74, 6) is 0.0843. The number of Topliss-reactive ketones (excluding diaryl/α,β-unsaturated/α-hetero) is 2. The summed E-state index contributed by atoms with van der Waals surface area (Å²) >= 11 is 0. The summed E-state index contributed by atoms with van der Waals surface area (Å²) < 4.78 is 5.23. The first-order valence-corrected chi connectivity index (χ1v) is 6.30. The van der Waals surface area contributed by atoms with Crippen molar-refractivity contribution in [3.05, 3.63) is 0 Å². The van der Waals surface area contributed by atoms with Crippen LogP contribution in [-0.2, 0) is 19.1 Å². The molecule has 0 saturated heterocycles. The molecule has 0 spiro atoms. The molecule has 0 rings (SSSR count). The molecule has 18 heavy (non-hydrogen) atoms. The molecule has 0 aliphatic carbocycles. The van der Waals surface area contributed by atoms with Gasteiger partial charge in [0.05, 0.1) is 13.2 Å². The Bertz CT molecular complexity index is 287. The van der Waals surface area contributed by atoms with Crippen LogP contribution < -0.4 is 5.32 Å². The van der Waals surface area contributed by atoms with Crippen LogP contribution in [0, 0.1) is 5.92 Å². The van der Waals surface area contributed by atoms with E-state index >= 15 is 0 Å². The van der Waals surface area contributed by atoms with Gasteiger partial charge in [0.15, 0.2) is 0 Å². The average molecular weight is 257 g/mol. The van der Waals surface area contributed by atoms with Gasteiger partial charge in [-0.15, -0.1) is 0 Å². The van der Waals surface area contributed by atoms with Gasteiger partial charge < -0.3 is 14.8 Å². The molecular weight excluding hydrogens is 234 g/mol. The van der Waals surface area contributed by atoms with Crippen LogP contribution >= 0.6 is 0 Å². The van der Waals surface area contributed by atoms with Crippen molar-refractivity contribution in [1.29, 1.82) is 0 Å². The van der Waals surface area contributed by atoms with Gasteiger partial charge in [-0.2, -0.15) is 0 Å². The molecule has 0 radical (unpaired) electrons. The zero-order valence-electron chi connectivity index (χ0n) is 11.5. The molecule has 1 amide bonds. The second-order valence-electron chi connectivity index (χ2n) is 4.54.